The zero-order valence-electron chi connectivity index (χ0n) is 32.3. The summed E-state index contributed by atoms with van der Waals surface area (Å²) < 4.78 is 27.2. The average molecular weight is 754 g/mol. The van der Waals surface area contributed by atoms with Crippen molar-refractivity contribution in [2.24, 2.45) is 17.1 Å². The van der Waals surface area contributed by atoms with Gasteiger partial charge in [0.1, 0.15) is 23.1 Å². The van der Waals surface area contributed by atoms with Crippen LogP contribution in [0, 0.1) is 17.2 Å². The number of hydrogen-bond donors (Lipinski definition) is 4. The molecule has 0 radical (unpaired) electrons. The van der Waals surface area contributed by atoms with Crippen molar-refractivity contribution in [1.29, 1.82) is 0 Å². The van der Waals surface area contributed by atoms with Gasteiger partial charge in [-0.1, -0.05) is 37.6 Å². The van der Waals surface area contributed by atoms with Gasteiger partial charge in [0, 0.05) is 84.0 Å². The van der Waals surface area contributed by atoms with E-state index in [0.717, 1.165) is 53.8 Å². The van der Waals surface area contributed by atoms with Crippen LogP contribution in [0.5, 0.6) is 5.75 Å². The number of aliphatic hydroxyl groups is 2. The molecule has 2 fully saturated rings. The molecular formula is C43H52FN5O6. The maximum atomic E-state index is 15.2. The summed E-state index contributed by atoms with van der Waals surface area (Å²) in [4.78, 5) is 39.2. The Bertz CT molecular complexity index is 2180. The number of rotatable bonds is 6. The minimum atomic E-state index is -2.31. The molecule has 3 aromatic rings. The number of carbonyl (C=O) groups is 2. The number of nitrogens with two attached hydrogens (primary N) is 1. The highest BCUT2D eigenvalue weighted by atomic mass is 19.1. The molecule has 6 aliphatic rings. The van der Waals surface area contributed by atoms with E-state index in [-0.39, 0.29) is 17.8 Å². The maximum Gasteiger partial charge on any atom is 0.322 e. The number of esters is 1. The van der Waals surface area contributed by atoms with Crippen molar-refractivity contribution in [3.05, 3.63) is 82.3 Å². The first-order valence-corrected chi connectivity index (χ1v) is 19.7. The van der Waals surface area contributed by atoms with Gasteiger partial charge in [0.25, 0.3) is 5.91 Å². The van der Waals surface area contributed by atoms with Gasteiger partial charge in [-0.05, 0) is 80.0 Å². The number of hydrogen-bond acceptors (Lipinski definition) is 9. The molecule has 9 rings (SSSR count). The van der Waals surface area contributed by atoms with E-state index in [1.807, 2.05) is 37.1 Å². The third-order valence-electron chi connectivity index (χ3n) is 14.7. The number of primary amides is 1. The number of benzene rings is 2. The van der Waals surface area contributed by atoms with Crippen molar-refractivity contribution < 1.29 is 33.7 Å². The van der Waals surface area contributed by atoms with Crippen LogP contribution < -0.4 is 15.4 Å². The first-order valence-electron chi connectivity index (χ1n) is 19.7. The number of H-pyrrole nitrogens is 1. The fourth-order valence-corrected chi connectivity index (χ4v) is 12.6. The molecule has 1 saturated heterocycles. The standard InChI is InChI=1S/C43H52FN5O6/c1-6-24-17-25-21-42(39(52)55-5,34-27(11-15-48(22-24)23-25)28-18-26(44)9-10-31(28)46-34)30-19-29-32(20-33(30)54-4)47(3)36-41(29)13-16-49-14-8-12-40(7-2,35(41)49)37(50)43(36,53)38(45)51/h8-10,12,17-20,25,35-37,46,50,53H,6-7,11,13-16,21-23H2,1-5H3,(H2,45,51)/t25-,35-,36+,37+,40+,41+,42-,43-/m0/s1. The highest BCUT2D eigenvalue weighted by molar-refractivity contribution is 5.95. The number of aromatic amines is 1. The van der Waals surface area contributed by atoms with Crippen LogP contribution in [0.3, 0.4) is 0 Å². The predicted molar refractivity (Wildman–Crippen MR) is 207 cm³/mol. The molecule has 11 nitrogen and oxygen atoms in total. The molecule has 292 valence electrons. The van der Waals surface area contributed by atoms with Gasteiger partial charge in [0.05, 0.1) is 20.3 Å². The summed E-state index contributed by atoms with van der Waals surface area (Å²) in [5.41, 5.74) is 6.29. The predicted octanol–water partition coefficient (Wildman–Crippen LogP) is 3.68. The number of likely N-dealkylation sites (N-methyl/N-ethyl adjacent to an activating group) is 1. The first-order chi connectivity index (χ1) is 26.3. The summed E-state index contributed by atoms with van der Waals surface area (Å²) in [7, 11) is 4.83. The maximum absolute atomic E-state index is 15.2. The van der Waals surface area contributed by atoms with Gasteiger partial charge >= 0.3 is 5.97 Å². The molecule has 6 heterocycles. The van der Waals surface area contributed by atoms with Gasteiger partial charge in [0.15, 0.2) is 5.60 Å². The molecule has 2 bridgehead atoms. The lowest BCUT2D eigenvalue weighted by molar-refractivity contribution is -0.201. The second-order valence-corrected chi connectivity index (χ2v) is 16.9. The third-order valence-corrected chi connectivity index (χ3v) is 14.7. The van der Waals surface area contributed by atoms with Crippen molar-refractivity contribution in [1.82, 2.24) is 14.8 Å². The molecule has 9 atom stereocenters. The fourth-order valence-electron chi connectivity index (χ4n) is 12.6. The molecule has 1 unspecified atom stereocenters. The Morgan fingerprint density at radius 3 is 2.62 bits per heavy atom. The van der Waals surface area contributed by atoms with Gasteiger partial charge in [0.2, 0.25) is 0 Å². The summed E-state index contributed by atoms with van der Waals surface area (Å²) in [6.45, 7) is 7.79. The smallest absolute Gasteiger partial charge is 0.322 e. The number of methoxy groups -OCH3 is 2. The number of carbonyl (C=O) groups excluding carboxylic acids is 2. The van der Waals surface area contributed by atoms with Gasteiger partial charge in [-0.2, -0.15) is 0 Å². The summed E-state index contributed by atoms with van der Waals surface area (Å²) >= 11 is 0. The van der Waals surface area contributed by atoms with Gasteiger partial charge in [-0.3, -0.25) is 19.4 Å². The molecule has 1 saturated carbocycles. The number of aromatic nitrogens is 1. The second kappa shape index (κ2) is 12.4. The lowest BCUT2D eigenvalue weighted by Crippen LogP contribution is -2.81. The molecule has 1 amide bonds. The molecule has 1 aromatic heterocycles. The fraction of sp³-hybridized carbons (Fsp3) is 0.535. The summed E-state index contributed by atoms with van der Waals surface area (Å²) in [6.07, 6.45) is 7.73. The van der Waals surface area contributed by atoms with Crippen LogP contribution >= 0.6 is 0 Å². The van der Waals surface area contributed by atoms with Crippen LogP contribution in [0.4, 0.5) is 10.1 Å². The largest absolute Gasteiger partial charge is 0.496 e. The van der Waals surface area contributed by atoms with E-state index in [0.29, 0.717) is 55.8 Å². The minimum Gasteiger partial charge on any atom is -0.496 e. The lowest BCUT2D eigenvalue weighted by Gasteiger charge is -2.63. The zero-order valence-corrected chi connectivity index (χ0v) is 32.3. The van der Waals surface area contributed by atoms with Gasteiger partial charge < -0.3 is 35.3 Å². The molecular weight excluding hydrogens is 701 g/mol. The van der Waals surface area contributed by atoms with Crippen molar-refractivity contribution in [2.45, 2.75) is 80.6 Å². The average Bonchev–Trinajstić information content (AvgIpc) is 3.84. The Morgan fingerprint density at radius 1 is 1.11 bits per heavy atom. The van der Waals surface area contributed by atoms with Crippen LogP contribution in [0.1, 0.15) is 61.9 Å². The first kappa shape index (κ1) is 36.4. The van der Waals surface area contributed by atoms with Crippen molar-refractivity contribution in [3.63, 3.8) is 0 Å². The number of anilines is 1. The van der Waals surface area contributed by atoms with E-state index in [1.165, 1.54) is 18.7 Å². The highest BCUT2D eigenvalue weighted by Crippen LogP contribution is 2.67. The van der Waals surface area contributed by atoms with Crippen LogP contribution in [0.25, 0.3) is 10.9 Å². The molecule has 1 spiro atoms. The van der Waals surface area contributed by atoms with Crippen LogP contribution in [0.2, 0.25) is 0 Å². The molecule has 2 aromatic carbocycles. The molecule has 5 N–H and O–H groups in total. The van der Waals surface area contributed by atoms with E-state index >= 15 is 9.18 Å². The number of amides is 1. The van der Waals surface area contributed by atoms with Gasteiger partial charge in [-0.15, -0.1) is 0 Å². The van der Waals surface area contributed by atoms with Crippen LogP contribution in [-0.2, 0) is 31.6 Å². The number of halogens is 1. The van der Waals surface area contributed by atoms with E-state index in [2.05, 4.69) is 33.8 Å². The van der Waals surface area contributed by atoms with Crippen LogP contribution in [0.15, 0.2) is 54.1 Å². The topological polar surface area (TPSA) is 145 Å². The summed E-state index contributed by atoms with van der Waals surface area (Å²) in [5, 5.41) is 25.7. The number of nitrogens with one attached hydrogen (secondary N) is 1. The number of ether oxygens (including phenoxy) is 2. The lowest BCUT2D eigenvalue weighted by atomic mass is 9.47. The van der Waals surface area contributed by atoms with Crippen molar-refractivity contribution >= 4 is 28.5 Å². The number of aliphatic hydroxyl groups excluding tert-OH is 1. The van der Waals surface area contributed by atoms with Gasteiger partial charge in [-0.25, -0.2) is 4.39 Å². The normalized spacial score (nSPS) is 36.2. The Kier molecular flexibility index (Phi) is 8.20. The van der Waals surface area contributed by atoms with E-state index < -0.39 is 45.9 Å². The Balaban J connectivity index is 1.38. The SMILES string of the molecule is CCC1=C[C@@H]2CN(CCc3c([nH]c4ccc(F)cc34)[C@@](C(=O)OC)(c3cc4c(cc3OC)N(C)[C@H]3[C@@](O)(C(N)=O)[C@H](O)[C@]5(CC)C=CCN6CC[C@]43[C@@H]65)C2)C1. The summed E-state index contributed by atoms with van der Waals surface area (Å²) in [6, 6.07) is 7.49. The quantitative estimate of drug-likeness (QED) is 0.219. The monoisotopic (exact) mass is 753 g/mol. The highest BCUT2D eigenvalue weighted by Gasteiger charge is 2.78. The van der Waals surface area contributed by atoms with Crippen molar-refractivity contribution in [2.75, 3.05) is 58.9 Å². The van der Waals surface area contributed by atoms with E-state index in [9.17, 15) is 15.0 Å². The Morgan fingerprint density at radius 2 is 1.91 bits per heavy atom. The number of nitrogens with zero attached hydrogens (tertiary/aromatic N) is 3. The van der Waals surface area contributed by atoms with Crippen LogP contribution in [-0.4, -0.2) is 115 Å². The summed E-state index contributed by atoms with van der Waals surface area (Å²) in [5.74, 6) is -1.39. The minimum absolute atomic E-state index is 0.0357. The zero-order chi connectivity index (χ0) is 38.8. The van der Waals surface area contributed by atoms with E-state index in [4.69, 9.17) is 15.2 Å². The van der Waals surface area contributed by atoms with E-state index in [1.54, 1.807) is 19.2 Å². The Labute approximate surface area is 320 Å². The number of fused-ring (bicyclic) bond motifs is 6. The molecule has 1 aliphatic carbocycles. The molecule has 12 heteroatoms. The third kappa shape index (κ3) is 4.51. The molecule has 55 heavy (non-hydrogen) atoms. The molecule has 5 aliphatic heterocycles. The van der Waals surface area contributed by atoms with Crippen molar-refractivity contribution in [3.8, 4) is 5.75 Å². The second-order valence-electron chi connectivity index (χ2n) is 16.9. The Hall–Kier alpha value is -4.23.